The van der Waals surface area contributed by atoms with Crippen LogP contribution in [0.4, 0.5) is 0 Å². The van der Waals surface area contributed by atoms with Crippen LogP contribution in [-0.4, -0.2) is 42.0 Å². The first-order chi connectivity index (χ1) is 7.29. The predicted octanol–water partition coefficient (Wildman–Crippen LogP) is -0.425. The first kappa shape index (κ1) is 10.5. The van der Waals surface area contributed by atoms with Gasteiger partial charge in [0.25, 0.3) is 0 Å². The van der Waals surface area contributed by atoms with Gasteiger partial charge in [0, 0.05) is 37.8 Å². The summed E-state index contributed by atoms with van der Waals surface area (Å²) in [6, 6.07) is -0.355. The molecule has 2 rings (SSSR count). The minimum atomic E-state index is -0.355. The molecule has 3 N–H and O–H groups in total. The molecular weight excluding hydrogens is 212 g/mol. The number of carbonyl (C=O) groups excluding carboxylic acids is 1. The zero-order chi connectivity index (χ0) is 10.7. The Hall–Kier alpha value is -0.980. The Bertz CT molecular complexity index is 321. The van der Waals surface area contributed by atoms with Gasteiger partial charge >= 0.3 is 0 Å². The van der Waals surface area contributed by atoms with E-state index in [4.69, 9.17) is 5.73 Å². The number of amides is 1. The van der Waals surface area contributed by atoms with Gasteiger partial charge in [-0.1, -0.05) is 0 Å². The number of nitrogens with one attached hydrogen (secondary N) is 1. The SMILES string of the molecule is NC(=O)C(c1nccs1)N1CCNCC1. The number of piperazine rings is 1. The zero-order valence-electron chi connectivity index (χ0n) is 8.35. The van der Waals surface area contributed by atoms with E-state index in [2.05, 4.69) is 15.2 Å². The largest absolute Gasteiger partial charge is 0.368 e. The van der Waals surface area contributed by atoms with Crippen molar-refractivity contribution in [1.29, 1.82) is 0 Å². The summed E-state index contributed by atoms with van der Waals surface area (Å²) < 4.78 is 0. The van der Waals surface area contributed by atoms with Crippen molar-refractivity contribution < 1.29 is 4.79 Å². The third-order valence-electron chi connectivity index (χ3n) is 2.47. The second-order valence-electron chi connectivity index (χ2n) is 3.46. The highest BCUT2D eigenvalue weighted by molar-refractivity contribution is 7.09. The number of carbonyl (C=O) groups is 1. The molecule has 1 amide bonds. The van der Waals surface area contributed by atoms with Gasteiger partial charge in [-0.2, -0.15) is 0 Å². The number of rotatable bonds is 3. The molecule has 1 atom stereocenters. The predicted molar refractivity (Wildman–Crippen MR) is 58.5 cm³/mol. The zero-order valence-corrected chi connectivity index (χ0v) is 9.17. The van der Waals surface area contributed by atoms with Crippen molar-refractivity contribution in [1.82, 2.24) is 15.2 Å². The van der Waals surface area contributed by atoms with Gasteiger partial charge in [-0.05, 0) is 0 Å². The van der Waals surface area contributed by atoms with E-state index in [1.54, 1.807) is 6.20 Å². The van der Waals surface area contributed by atoms with Crippen LogP contribution in [0.2, 0.25) is 0 Å². The van der Waals surface area contributed by atoms with Gasteiger partial charge in [0.15, 0.2) is 0 Å². The van der Waals surface area contributed by atoms with Crippen LogP contribution >= 0.6 is 11.3 Å². The molecule has 0 bridgehead atoms. The molecule has 1 aliphatic heterocycles. The monoisotopic (exact) mass is 226 g/mol. The minimum absolute atomic E-state index is 0.313. The Morgan fingerprint density at radius 3 is 2.87 bits per heavy atom. The highest BCUT2D eigenvalue weighted by atomic mass is 32.1. The van der Waals surface area contributed by atoms with Gasteiger partial charge in [0.2, 0.25) is 5.91 Å². The molecule has 1 aromatic rings. The van der Waals surface area contributed by atoms with Crippen molar-refractivity contribution in [3.05, 3.63) is 16.6 Å². The molecule has 6 heteroatoms. The average molecular weight is 226 g/mol. The maximum Gasteiger partial charge on any atom is 0.241 e. The molecule has 1 aromatic heterocycles. The maximum absolute atomic E-state index is 11.4. The molecule has 0 aliphatic carbocycles. The van der Waals surface area contributed by atoms with E-state index in [9.17, 15) is 4.79 Å². The summed E-state index contributed by atoms with van der Waals surface area (Å²) in [6.07, 6.45) is 1.71. The fourth-order valence-corrected chi connectivity index (χ4v) is 2.54. The van der Waals surface area contributed by atoms with Crippen LogP contribution < -0.4 is 11.1 Å². The molecule has 15 heavy (non-hydrogen) atoms. The van der Waals surface area contributed by atoms with Gasteiger partial charge in [0.05, 0.1) is 0 Å². The lowest BCUT2D eigenvalue weighted by atomic mass is 10.2. The van der Waals surface area contributed by atoms with Crippen molar-refractivity contribution in [2.24, 2.45) is 5.73 Å². The highest BCUT2D eigenvalue weighted by Crippen LogP contribution is 2.22. The summed E-state index contributed by atoms with van der Waals surface area (Å²) in [7, 11) is 0. The molecule has 1 aliphatic rings. The third kappa shape index (κ3) is 2.34. The van der Waals surface area contributed by atoms with Crippen molar-refractivity contribution in [3.8, 4) is 0 Å². The fraction of sp³-hybridized carbons (Fsp3) is 0.556. The van der Waals surface area contributed by atoms with Crippen molar-refractivity contribution in [2.75, 3.05) is 26.2 Å². The Kier molecular flexibility index (Phi) is 3.30. The van der Waals surface area contributed by atoms with E-state index in [1.165, 1.54) is 11.3 Å². The van der Waals surface area contributed by atoms with Crippen molar-refractivity contribution >= 4 is 17.2 Å². The molecule has 0 saturated carbocycles. The Balaban J connectivity index is 2.15. The number of thiazole rings is 1. The van der Waals surface area contributed by atoms with Crippen LogP contribution in [0.1, 0.15) is 11.0 Å². The normalized spacial score (nSPS) is 20.0. The smallest absolute Gasteiger partial charge is 0.241 e. The van der Waals surface area contributed by atoms with Crippen LogP contribution in [0, 0.1) is 0 Å². The molecule has 1 unspecified atom stereocenters. The topological polar surface area (TPSA) is 71.2 Å². The van der Waals surface area contributed by atoms with Gasteiger partial charge in [-0.3, -0.25) is 9.69 Å². The van der Waals surface area contributed by atoms with Gasteiger partial charge in [-0.15, -0.1) is 11.3 Å². The third-order valence-corrected chi connectivity index (χ3v) is 3.30. The highest BCUT2D eigenvalue weighted by Gasteiger charge is 2.28. The van der Waals surface area contributed by atoms with E-state index < -0.39 is 0 Å². The van der Waals surface area contributed by atoms with E-state index >= 15 is 0 Å². The van der Waals surface area contributed by atoms with Gasteiger partial charge < -0.3 is 11.1 Å². The second kappa shape index (κ2) is 4.69. The Morgan fingerprint density at radius 2 is 2.33 bits per heavy atom. The molecule has 1 saturated heterocycles. The number of aromatic nitrogens is 1. The average Bonchev–Trinajstić information content (AvgIpc) is 2.72. The second-order valence-corrected chi connectivity index (χ2v) is 4.39. The quantitative estimate of drug-likeness (QED) is 0.734. The molecule has 2 heterocycles. The summed E-state index contributed by atoms with van der Waals surface area (Å²) in [6.45, 7) is 3.48. The lowest BCUT2D eigenvalue weighted by Gasteiger charge is -2.31. The Morgan fingerprint density at radius 1 is 1.60 bits per heavy atom. The molecule has 0 aromatic carbocycles. The first-order valence-corrected chi connectivity index (χ1v) is 5.80. The first-order valence-electron chi connectivity index (χ1n) is 4.92. The van der Waals surface area contributed by atoms with Crippen molar-refractivity contribution in [3.63, 3.8) is 0 Å². The summed E-state index contributed by atoms with van der Waals surface area (Å²) >= 11 is 1.48. The molecule has 0 spiro atoms. The van der Waals surface area contributed by atoms with Crippen LogP contribution in [0.25, 0.3) is 0 Å². The van der Waals surface area contributed by atoms with E-state index in [1.807, 2.05) is 5.38 Å². The lowest BCUT2D eigenvalue weighted by Crippen LogP contribution is -2.48. The number of primary amides is 1. The molecule has 1 fully saturated rings. The van der Waals surface area contributed by atoms with Gasteiger partial charge in [0.1, 0.15) is 11.0 Å². The van der Waals surface area contributed by atoms with Gasteiger partial charge in [-0.25, -0.2) is 4.98 Å². The summed E-state index contributed by atoms with van der Waals surface area (Å²) in [4.78, 5) is 17.7. The summed E-state index contributed by atoms with van der Waals surface area (Å²) in [5.41, 5.74) is 5.42. The lowest BCUT2D eigenvalue weighted by molar-refractivity contribution is -0.123. The summed E-state index contributed by atoms with van der Waals surface area (Å²) in [5, 5.41) is 5.91. The van der Waals surface area contributed by atoms with E-state index in [0.717, 1.165) is 31.2 Å². The Labute approximate surface area is 92.3 Å². The van der Waals surface area contributed by atoms with Crippen LogP contribution in [-0.2, 0) is 4.79 Å². The van der Waals surface area contributed by atoms with Crippen LogP contribution in [0.5, 0.6) is 0 Å². The molecule has 0 radical (unpaired) electrons. The molecular formula is C9H14N4OS. The van der Waals surface area contributed by atoms with Crippen molar-refractivity contribution in [2.45, 2.75) is 6.04 Å². The molecule has 82 valence electrons. The minimum Gasteiger partial charge on any atom is -0.368 e. The number of hydrogen-bond acceptors (Lipinski definition) is 5. The maximum atomic E-state index is 11.4. The summed E-state index contributed by atoms with van der Waals surface area (Å²) in [5.74, 6) is -0.313. The van der Waals surface area contributed by atoms with Crippen LogP contribution in [0.3, 0.4) is 0 Å². The van der Waals surface area contributed by atoms with E-state index in [0.29, 0.717) is 0 Å². The number of nitrogens with zero attached hydrogens (tertiary/aromatic N) is 2. The molecule has 5 nitrogen and oxygen atoms in total. The fourth-order valence-electron chi connectivity index (χ4n) is 1.77. The standard InChI is InChI=1S/C9H14N4OS/c10-8(14)7(9-12-3-6-15-9)13-4-1-11-2-5-13/h3,6-7,11H,1-2,4-5H2,(H2,10,14). The van der Waals surface area contributed by atoms with E-state index in [-0.39, 0.29) is 11.9 Å². The van der Waals surface area contributed by atoms with Crippen LogP contribution in [0.15, 0.2) is 11.6 Å². The number of hydrogen-bond donors (Lipinski definition) is 2. The number of nitrogens with two attached hydrogens (primary N) is 1.